The fourth-order valence-electron chi connectivity index (χ4n) is 3.64. The lowest BCUT2D eigenvalue weighted by Crippen LogP contribution is -2.27. The Hall–Kier alpha value is -4.24. The number of aromatic nitrogens is 4. The molecule has 0 saturated carbocycles. The van der Waals surface area contributed by atoms with Gasteiger partial charge in [-0.1, -0.05) is 78.5 Å². The maximum Gasteiger partial charge on any atom is 0.277 e. The van der Waals surface area contributed by atoms with E-state index in [1.807, 2.05) is 72.8 Å². The molecule has 0 spiro atoms. The van der Waals surface area contributed by atoms with Gasteiger partial charge >= 0.3 is 0 Å². The highest BCUT2D eigenvalue weighted by Gasteiger charge is 2.19. The van der Waals surface area contributed by atoms with E-state index in [2.05, 4.69) is 15.3 Å². The zero-order valence-corrected chi connectivity index (χ0v) is 19.7. The van der Waals surface area contributed by atoms with E-state index in [-0.39, 0.29) is 28.3 Å². The molecule has 1 amide bonds. The number of para-hydroxylation sites is 1. The van der Waals surface area contributed by atoms with Gasteiger partial charge in [0.15, 0.2) is 5.69 Å². The summed E-state index contributed by atoms with van der Waals surface area (Å²) >= 11 is 1.15. The minimum atomic E-state index is -0.197. The molecule has 0 radical (unpaired) electrons. The molecule has 0 atom stereocenters. The van der Waals surface area contributed by atoms with Gasteiger partial charge in [-0.3, -0.25) is 9.59 Å². The molecule has 0 saturated heterocycles. The molecule has 0 N–H and O–H groups in total. The second kappa shape index (κ2) is 9.94. The van der Waals surface area contributed by atoms with E-state index in [4.69, 9.17) is 4.42 Å². The maximum atomic E-state index is 13.1. The fourth-order valence-corrected chi connectivity index (χ4v) is 4.31. The van der Waals surface area contributed by atoms with Gasteiger partial charge in [0.1, 0.15) is 0 Å². The predicted molar refractivity (Wildman–Crippen MR) is 135 cm³/mol. The second-order valence-electron chi connectivity index (χ2n) is 7.79. The van der Waals surface area contributed by atoms with E-state index in [0.717, 1.165) is 23.0 Å². The quantitative estimate of drug-likeness (QED) is 0.320. The van der Waals surface area contributed by atoms with E-state index in [1.54, 1.807) is 24.1 Å². The largest absolute Gasteiger partial charge is 0.409 e. The van der Waals surface area contributed by atoms with Crippen molar-refractivity contribution in [3.8, 4) is 11.6 Å². The van der Waals surface area contributed by atoms with Crippen molar-refractivity contribution in [2.45, 2.75) is 11.8 Å². The van der Waals surface area contributed by atoms with Crippen molar-refractivity contribution in [1.82, 2.24) is 20.0 Å². The number of thioether (sulfide) groups is 1. The van der Waals surface area contributed by atoms with Crippen LogP contribution in [0.4, 0.5) is 5.69 Å². The van der Waals surface area contributed by atoms with E-state index in [1.165, 1.54) is 4.68 Å². The zero-order valence-electron chi connectivity index (χ0n) is 18.9. The first-order chi connectivity index (χ1) is 17.1. The summed E-state index contributed by atoms with van der Waals surface area (Å²) in [4.78, 5) is 27.2. The van der Waals surface area contributed by atoms with Gasteiger partial charge in [0, 0.05) is 18.1 Å². The average molecular weight is 484 g/mol. The van der Waals surface area contributed by atoms with E-state index >= 15 is 0 Å². The number of nitrogens with zero attached hydrogens (tertiary/aromatic N) is 5. The molecule has 0 unspecified atom stereocenters. The zero-order chi connectivity index (χ0) is 24.2. The van der Waals surface area contributed by atoms with Crippen molar-refractivity contribution in [2.75, 3.05) is 17.7 Å². The summed E-state index contributed by atoms with van der Waals surface area (Å²) in [6.07, 6.45) is 0. The minimum Gasteiger partial charge on any atom is -0.409 e. The summed E-state index contributed by atoms with van der Waals surface area (Å²) in [6, 6.07) is 26.2. The van der Waals surface area contributed by atoms with Crippen LogP contribution in [0, 0.1) is 0 Å². The molecule has 0 aliphatic heterocycles. The molecule has 0 aliphatic carbocycles. The molecule has 8 nitrogen and oxygen atoms in total. The lowest BCUT2D eigenvalue weighted by atomic mass is 10.1. The van der Waals surface area contributed by atoms with Gasteiger partial charge < -0.3 is 9.32 Å². The van der Waals surface area contributed by atoms with E-state index < -0.39 is 0 Å². The molecular formula is C26H21N5O3S. The highest BCUT2D eigenvalue weighted by Crippen LogP contribution is 2.27. The Morgan fingerprint density at radius 3 is 2.31 bits per heavy atom. The van der Waals surface area contributed by atoms with Crippen molar-refractivity contribution in [1.29, 1.82) is 0 Å². The SMILES string of the molecule is CN(C(=O)CSc1nnc(-c2nn(Cc3ccccc3)c(=O)c3ccccc23)o1)c1ccccc1. The molecule has 3 aromatic carbocycles. The molecule has 0 fully saturated rings. The first kappa shape index (κ1) is 22.5. The monoisotopic (exact) mass is 483 g/mol. The number of amides is 1. The van der Waals surface area contributed by atoms with Crippen molar-refractivity contribution < 1.29 is 9.21 Å². The van der Waals surface area contributed by atoms with Gasteiger partial charge in [-0.05, 0) is 23.8 Å². The Morgan fingerprint density at radius 2 is 1.57 bits per heavy atom. The van der Waals surface area contributed by atoms with Crippen LogP contribution in [0.2, 0.25) is 0 Å². The molecule has 2 heterocycles. The summed E-state index contributed by atoms with van der Waals surface area (Å²) in [5.41, 5.74) is 1.98. The molecule has 5 aromatic rings. The molecule has 2 aromatic heterocycles. The van der Waals surface area contributed by atoms with Crippen LogP contribution in [0.25, 0.3) is 22.4 Å². The molecule has 9 heteroatoms. The summed E-state index contributed by atoms with van der Waals surface area (Å²) in [6.45, 7) is 0.313. The van der Waals surface area contributed by atoms with Crippen LogP contribution >= 0.6 is 11.8 Å². The Bertz CT molecular complexity index is 1530. The van der Waals surface area contributed by atoms with Gasteiger partial charge in [0.05, 0.1) is 17.7 Å². The van der Waals surface area contributed by atoms with Gasteiger partial charge in [-0.2, -0.15) is 5.10 Å². The van der Waals surface area contributed by atoms with Gasteiger partial charge in [-0.25, -0.2) is 4.68 Å². The fraction of sp³-hybridized carbons (Fsp3) is 0.115. The number of benzene rings is 3. The number of carbonyl (C=O) groups excluding carboxylic acids is 1. The van der Waals surface area contributed by atoms with Crippen molar-refractivity contribution in [3.63, 3.8) is 0 Å². The van der Waals surface area contributed by atoms with Gasteiger partial charge in [0.25, 0.3) is 16.7 Å². The Morgan fingerprint density at radius 1 is 0.914 bits per heavy atom. The first-order valence-corrected chi connectivity index (χ1v) is 11.9. The second-order valence-corrected chi connectivity index (χ2v) is 8.72. The van der Waals surface area contributed by atoms with E-state index in [9.17, 15) is 9.59 Å². The molecule has 174 valence electrons. The minimum absolute atomic E-state index is 0.0964. The Labute approximate surface area is 205 Å². The highest BCUT2D eigenvalue weighted by molar-refractivity contribution is 7.99. The summed E-state index contributed by atoms with van der Waals surface area (Å²) in [5.74, 6) is 0.227. The molecule has 35 heavy (non-hydrogen) atoms. The van der Waals surface area contributed by atoms with Crippen LogP contribution in [-0.4, -0.2) is 38.7 Å². The van der Waals surface area contributed by atoms with Crippen LogP contribution in [0.15, 0.2) is 99.4 Å². The highest BCUT2D eigenvalue weighted by atomic mass is 32.2. The van der Waals surface area contributed by atoms with Crippen molar-refractivity contribution in [2.24, 2.45) is 0 Å². The number of hydrogen-bond acceptors (Lipinski definition) is 7. The van der Waals surface area contributed by atoms with Crippen molar-refractivity contribution >= 4 is 34.1 Å². The standard InChI is InChI=1S/C26H21N5O3S/c1-30(19-12-6-3-7-13-19)22(32)17-35-26-28-27-24(34-26)23-20-14-8-9-15-21(20)25(33)31(29-23)16-18-10-4-2-5-11-18/h2-15H,16-17H2,1H3. The normalized spacial score (nSPS) is 11.0. The summed E-state index contributed by atoms with van der Waals surface area (Å²) in [5, 5.41) is 14.2. The lowest BCUT2D eigenvalue weighted by molar-refractivity contribution is -0.115. The molecular weight excluding hydrogens is 462 g/mol. The lowest BCUT2D eigenvalue weighted by Gasteiger charge is -2.16. The predicted octanol–water partition coefficient (Wildman–Crippen LogP) is 4.25. The third kappa shape index (κ3) is 4.85. The van der Waals surface area contributed by atoms with E-state index in [0.29, 0.717) is 23.0 Å². The molecule has 0 aliphatic rings. The van der Waals surface area contributed by atoms with Crippen LogP contribution in [0.5, 0.6) is 0 Å². The third-order valence-electron chi connectivity index (χ3n) is 5.49. The molecule has 0 bridgehead atoms. The summed E-state index contributed by atoms with van der Waals surface area (Å²) < 4.78 is 7.26. The summed E-state index contributed by atoms with van der Waals surface area (Å²) in [7, 11) is 1.73. The third-order valence-corrected chi connectivity index (χ3v) is 6.29. The van der Waals surface area contributed by atoms with Crippen LogP contribution in [0.1, 0.15) is 5.56 Å². The number of fused-ring (bicyclic) bond motifs is 1. The maximum absolute atomic E-state index is 13.1. The Balaban J connectivity index is 1.41. The number of carbonyl (C=O) groups is 1. The molecule has 5 rings (SSSR count). The van der Waals surface area contributed by atoms with Crippen LogP contribution in [-0.2, 0) is 11.3 Å². The number of rotatable bonds is 7. The van der Waals surface area contributed by atoms with Gasteiger partial charge in [-0.15, -0.1) is 10.2 Å². The van der Waals surface area contributed by atoms with Crippen LogP contribution < -0.4 is 10.5 Å². The first-order valence-electron chi connectivity index (χ1n) is 10.9. The van der Waals surface area contributed by atoms with Gasteiger partial charge in [0.2, 0.25) is 5.91 Å². The number of anilines is 1. The Kier molecular flexibility index (Phi) is 6.40. The smallest absolute Gasteiger partial charge is 0.277 e. The van der Waals surface area contributed by atoms with Crippen LogP contribution in [0.3, 0.4) is 0 Å². The number of hydrogen-bond donors (Lipinski definition) is 0. The topological polar surface area (TPSA) is 94.1 Å². The average Bonchev–Trinajstić information content (AvgIpc) is 3.38. The van der Waals surface area contributed by atoms with Crippen molar-refractivity contribution in [3.05, 3.63) is 101 Å².